The second-order valence-electron chi connectivity index (χ2n) is 5.35. The second kappa shape index (κ2) is 6.13. The van der Waals surface area contributed by atoms with E-state index in [9.17, 15) is 9.59 Å². The Hall–Kier alpha value is -2.08. The van der Waals surface area contributed by atoms with Gasteiger partial charge in [-0.3, -0.25) is 9.69 Å². The first-order valence-corrected chi connectivity index (χ1v) is 7.04. The Morgan fingerprint density at radius 1 is 1.52 bits per heavy atom. The Balaban J connectivity index is 2.04. The van der Waals surface area contributed by atoms with Gasteiger partial charge in [-0.05, 0) is 37.6 Å². The molecule has 1 aromatic heterocycles. The van der Waals surface area contributed by atoms with Gasteiger partial charge in [-0.25, -0.2) is 4.79 Å². The molecular weight excluding hydrogens is 270 g/mol. The third kappa shape index (κ3) is 3.00. The molecule has 2 N–H and O–H groups in total. The fraction of sp³-hybridized carbons (Fsp3) is 0.467. The maximum absolute atomic E-state index is 12.5. The van der Waals surface area contributed by atoms with Crippen LogP contribution < -0.4 is 10.6 Å². The third-order valence-electron chi connectivity index (χ3n) is 3.47. The number of nitrogens with zero attached hydrogens (tertiary/aromatic N) is 1. The molecule has 0 bridgehead atoms. The molecule has 3 amide bonds. The minimum Gasteiger partial charge on any atom is -0.466 e. The van der Waals surface area contributed by atoms with Gasteiger partial charge in [0.1, 0.15) is 5.76 Å². The van der Waals surface area contributed by atoms with E-state index in [4.69, 9.17) is 4.42 Å². The monoisotopic (exact) mass is 291 g/mol. The third-order valence-corrected chi connectivity index (χ3v) is 3.47. The van der Waals surface area contributed by atoms with Crippen molar-refractivity contribution in [2.24, 2.45) is 0 Å². The van der Waals surface area contributed by atoms with Gasteiger partial charge in [0.15, 0.2) is 5.54 Å². The molecule has 2 heterocycles. The van der Waals surface area contributed by atoms with E-state index in [-0.39, 0.29) is 12.5 Å². The molecule has 2 rings (SSSR count). The Bertz CT molecular complexity index is 538. The van der Waals surface area contributed by atoms with Crippen LogP contribution in [0.15, 0.2) is 35.0 Å². The normalized spacial score (nSPS) is 21.7. The van der Waals surface area contributed by atoms with Gasteiger partial charge in [-0.2, -0.15) is 0 Å². The zero-order chi connectivity index (χ0) is 15.5. The number of urea groups is 1. The van der Waals surface area contributed by atoms with Crippen LogP contribution in [0.1, 0.15) is 26.0 Å². The molecule has 1 atom stereocenters. The highest BCUT2D eigenvalue weighted by atomic mass is 16.3. The molecule has 1 aliphatic heterocycles. The summed E-state index contributed by atoms with van der Waals surface area (Å²) in [6.07, 6.45) is 2.50. The van der Waals surface area contributed by atoms with E-state index in [2.05, 4.69) is 24.1 Å². The van der Waals surface area contributed by atoms with Gasteiger partial charge < -0.3 is 15.1 Å². The number of rotatable bonds is 7. The minimum atomic E-state index is -1.14. The van der Waals surface area contributed by atoms with Crippen LogP contribution in [0, 0.1) is 0 Å². The van der Waals surface area contributed by atoms with Gasteiger partial charge >= 0.3 is 6.03 Å². The summed E-state index contributed by atoms with van der Waals surface area (Å²) in [5.74, 6) is 0.108. The molecule has 0 aliphatic carbocycles. The lowest BCUT2D eigenvalue weighted by molar-refractivity contribution is -0.131. The topological polar surface area (TPSA) is 74.6 Å². The van der Waals surface area contributed by atoms with Crippen molar-refractivity contribution in [3.63, 3.8) is 0 Å². The summed E-state index contributed by atoms with van der Waals surface area (Å²) in [6, 6.07) is 2.95. The number of furan rings is 1. The van der Waals surface area contributed by atoms with Gasteiger partial charge in [-0.15, -0.1) is 0 Å². The predicted octanol–water partition coefficient (Wildman–Crippen LogP) is 1.60. The standard InChI is InChI=1S/C15H21N3O3/c1-4-7-16-9-11(2)10-18-13(19)15(3,17-14(18)20)12-6-5-8-21-12/h5-6,8,16H,2,4,7,9-10H2,1,3H3,(H,17,20). The van der Waals surface area contributed by atoms with Crippen LogP contribution in [0.5, 0.6) is 0 Å². The van der Waals surface area contributed by atoms with Gasteiger partial charge in [0.05, 0.1) is 12.8 Å². The van der Waals surface area contributed by atoms with E-state index in [0.717, 1.165) is 18.5 Å². The molecule has 6 nitrogen and oxygen atoms in total. The van der Waals surface area contributed by atoms with Crippen molar-refractivity contribution in [2.75, 3.05) is 19.6 Å². The molecule has 0 spiro atoms. The van der Waals surface area contributed by atoms with Crippen LogP contribution in [0.3, 0.4) is 0 Å². The van der Waals surface area contributed by atoms with Crippen LogP contribution in [-0.2, 0) is 10.3 Å². The summed E-state index contributed by atoms with van der Waals surface area (Å²) >= 11 is 0. The average Bonchev–Trinajstić information content (AvgIpc) is 3.04. The molecule has 1 aromatic rings. The molecule has 114 valence electrons. The molecule has 1 aliphatic rings. The largest absolute Gasteiger partial charge is 0.466 e. The van der Waals surface area contributed by atoms with E-state index < -0.39 is 11.6 Å². The molecule has 6 heteroatoms. The van der Waals surface area contributed by atoms with Crippen LogP contribution in [0.2, 0.25) is 0 Å². The summed E-state index contributed by atoms with van der Waals surface area (Å²) in [6.45, 7) is 9.29. The quantitative estimate of drug-likeness (QED) is 0.454. The number of carbonyl (C=O) groups excluding carboxylic acids is 2. The van der Waals surface area contributed by atoms with Gasteiger partial charge in [0.25, 0.3) is 5.91 Å². The number of hydrogen-bond donors (Lipinski definition) is 2. The summed E-state index contributed by atoms with van der Waals surface area (Å²) in [5, 5.41) is 5.89. The van der Waals surface area contributed by atoms with E-state index in [1.807, 2.05) is 0 Å². The number of carbonyl (C=O) groups is 2. The van der Waals surface area contributed by atoms with E-state index in [0.29, 0.717) is 12.3 Å². The van der Waals surface area contributed by atoms with Crippen LogP contribution in [0.4, 0.5) is 4.79 Å². The SMILES string of the molecule is C=C(CNCCC)CN1C(=O)NC(C)(c2ccco2)C1=O. The second-order valence-corrected chi connectivity index (χ2v) is 5.35. The van der Waals surface area contributed by atoms with Crippen molar-refractivity contribution < 1.29 is 14.0 Å². The van der Waals surface area contributed by atoms with Crippen molar-refractivity contribution in [2.45, 2.75) is 25.8 Å². The Labute approximate surface area is 124 Å². The molecule has 1 unspecified atom stereocenters. The Morgan fingerprint density at radius 2 is 2.29 bits per heavy atom. The summed E-state index contributed by atoms with van der Waals surface area (Å²) in [7, 11) is 0. The molecule has 21 heavy (non-hydrogen) atoms. The Kier molecular flexibility index (Phi) is 4.47. The van der Waals surface area contributed by atoms with Crippen molar-refractivity contribution >= 4 is 11.9 Å². The molecular formula is C15H21N3O3. The Morgan fingerprint density at radius 3 is 2.90 bits per heavy atom. The highest BCUT2D eigenvalue weighted by molar-refractivity contribution is 6.07. The summed E-state index contributed by atoms with van der Waals surface area (Å²) in [5.41, 5.74) is -0.354. The molecule has 0 saturated carbocycles. The van der Waals surface area contributed by atoms with E-state index in [1.54, 1.807) is 19.1 Å². The number of imide groups is 1. The fourth-order valence-corrected chi connectivity index (χ4v) is 2.29. The number of nitrogens with one attached hydrogen (secondary N) is 2. The summed E-state index contributed by atoms with van der Waals surface area (Å²) < 4.78 is 5.27. The maximum atomic E-state index is 12.5. The van der Waals surface area contributed by atoms with Gasteiger partial charge in [0.2, 0.25) is 0 Å². The van der Waals surface area contributed by atoms with E-state index in [1.165, 1.54) is 11.2 Å². The number of amides is 3. The van der Waals surface area contributed by atoms with Crippen molar-refractivity contribution in [3.8, 4) is 0 Å². The van der Waals surface area contributed by atoms with E-state index >= 15 is 0 Å². The van der Waals surface area contributed by atoms with Crippen LogP contribution in [-0.4, -0.2) is 36.5 Å². The van der Waals surface area contributed by atoms with Crippen molar-refractivity contribution in [1.82, 2.24) is 15.5 Å². The van der Waals surface area contributed by atoms with Gasteiger partial charge in [0, 0.05) is 6.54 Å². The zero-order valence-corrected chi connectivity index (χ0v) is 12.4. The van der Waals surface area contributed by atoms with Crippen molar-refractivity contribution in [3.05, 3.63) is 36.3 Å². The minimum absolute atomic E-state index is 0.206. The fourth-order valence-electron chi connectivity index (χ4n) is 2.29. The average molecular weight is 291 g/mol. The lowest BCUT2D eigenvalue weighted by atomic mass is 9.99. The lowest BCUT2D eigenvalue weighted by Gasteiger charge is -2.19. The molecule has 0 aromatic carbocycles. The first-order chi connectivity index (χ1) is 9.99. The van der Waals surface area contributed by atoms with Crippen molar-refractivity contribution in [1.29, 1.82) is 0 Å². The molecule has 1 fully saturated rings. The lowest BCUT2D eigenvalue weighted by Crippen LogP contribution is -2.40. The summed E-state index contributed by atoms with van der Waals surface area (Å²) in [4.78, 5) is 25.8. The highest BCUT2D eigenvalue weighted by Gasteiger charge is 2.50. The zero-order valence-electron chi connectivity index (χ0n) is 12.4. The highest BCUT2D eigenvalue weighted by Crippen LogP contribution is 2.29. The van der Waals surface area contributed by atoms with Crippen LogP contribution in [0.25, 0.3) is 0 Å². The molecule has 0 radical (unpaired) electrons. The molecule has 1 saturated heterocycles. The van der Waals surface area contributed by atoms with Crippen LogP contribution >= 0.6 is 0 Å². The smallest absolute Gasteiger partial charge is 0.325 e. The number of hydrogen-bond acceptors (Lipinski definition) is 4. The first kappa shape index (κ1) is 15.3. The van der Waals surface area contributed by atoms with Gasteiger partial charge in [-0.1, -0.05) is 13.5 Å². The maximum Gasteiger partial charge on any atom is 0.325 e. The predicted molar refractivity (Wildman–Crippen MR) is 78.6 cm³/mol. The first-order valence-electron chi connectivity index (χ1n) is 7.04.